The molecule has 0 aromatic heterocycles. The number of amides is 1. The SMILES string of the molecule is Cc1ccc(NC(=O)CCN(CCO)Cc2ccccc2)cc1. The van der Waals surface area contributed by atoms with Crippen LogP contribution in [0.4, 0.5) is 5.69 Å². The summed E-state index contributed by atoms with van der Waals surface area (Å²) in [5, 5.41) is 12.1. The van der Waals surface area contributed by atoms with Crippen LogP contribution >= 0.6 is 0 Å². The van der Waals surface area contributed by atoms with Gasteiger partial charge in [-0.05, 0) is 24.6 Å². The third-order valence-corrected chi connectivity index (χ3v) is 3.66. The van der Waals surface area contributed by atoms with Gasteiger partial charge < -0.3 is 10.4 Å². The predicted octanol–water partition coefficient (Wildman–Crippen LogP) is 2.82. The lowest BCUT2D eigenvalue weighted by atomic mass is 10.2. The van der Waals surface area contributed by atoms with Crippen molar-refractivity contribution in [3.63, 3.8) is 0 Å². The average molecular weight is 312 g/mol. The summed E-state index contributed by atoms with van der Waals surface area (Å²) in [6.07, 6.45) is 0.403. The second kappa shape index (κ2) is 9.08. The lowest BCUT2D eigenvalue weighted by Gasteiger charge is -2.21. The number of aliphatic hydroxyl groups excluding tert-OH is 1. The molecule has 4 heteroatoms. The number of nitrogens with one attached hydrogen (secondary N) is 1. The highest BCUT2D eigenvalue weighted by molar-refractivity contribution is 5.90. The molecular weight excluding hydrogens is 288 g/mol. The van der Waals surface area contributed by atoms with E-state index in [4.69, 9.17) is 0 Å². The average Bonchev–Trinajstić information content (AvgIpc) is 2.56. The number of hydrogen-bond donors (Lipinski definition) is 2. The molecule has 0 heterocycles. The summed E-state index contributed by atoms with van der Waals surface area (Å²) < 4.78 is 0. The summed E-state index contributed by atoms with van der Waals surface area (Å²) in [6, 6.07) is 17.8. The number of hydrogen-bond acceptors (Lipinski definition) is 3. The Kier molecular flexibility index (Phi) is 6.78. The van der Waals surface area contributed by atoms with Gasteiger partial charge in [0.15, 0.2) is 0 Å². The number of anilines is 1. The molecule has 4 nitrogen and oxygen atoms in total. The van der Waals surface area contributed by atoms with E-state index >= 15 is 0 Å². The van der Waals surface area contributed by atoms with Crippen molar-refractivity contribution in [1.29, 1.82) is 0 Å². The maximum Gasteiger partial charge on any atom is 0.225 e. The molecule has 122 valence electrons. The van der Waals surface area contributed by atoms with Gasteiger partial charge in [-0.3, -0.25) is 9.69 Å². The second-order valence-electron chi connectivity index (χ2n) is 5.65. The molecule has 0 spiro atoms. The van der Waals surface area contributed by atoms with Crippen LogP contribution in [0.5, 0.6) is 0 Å². The molecule has 0 radical (unpaired) electrons. The van der Waals surface area contributed by atoms with Crippen LogP contribution in [0, 0.1) is 6.92 Å². The number of nitrogens with zero attached hydrogens (tertiary/aromatic N) is 1. The van der Waals surface area contributed by atoms with E-state index in [0.29, 0.717) is 19.5 Å². The quantitative estimate of drug-likeness (QED) is 0.788. The van der Waals surface area contributed by atoms with Gasteiger partial charge >= 0.3 is 0 Å². The van der Waals surface area contributed by atoms with Crippen molar-refractivity contribution in [1.82, 2.24) is 4.90 Å². The fraction of sp³-hybridized carbons (Fsp3) is 0.316. The van der Waals surface area contributed by atoms with Crippen molar-refractivity contribution in [2.24, 2.45) is 0 Å². The minimum Gasteiger partial charge on any atom is -0.395 e. The fourth-order valence-corrected chi connectivity index (χ4v) is 2.37. The maximum absolute atomic E-state index is 12.1. The fourth-order valence-electron chi connectivity index (χ4n) is 2.37. The van der Waals surface area contributed by atoms with Gasteiger partial charge in [-0.1, -0.05) is 48.0 Å². The smallest absolute Gasteiger partial charge is 0.225 e. The molecule has 0 aliphatic heterocycles. The van der Waals surface area contributed by atoms with E-state index in [1.165, 1.54) is 11.1 Å². The number of aryl methyl sites for hydroxylation is 1. The molecule has 2 N–H and O–H groups in total. The monoisotopic (exact) mass is 312 g/mol. The summed E-state index contributed by atoms with van der Waals surface area (Å²) in [4.78, 5) is 14.1. The Labute approximate surface area is 137 Å². The molecule has 2 aromatic rings. The molecular formula is C19H24N2O2. The highest BCUT2D eigenvalue weighted by Crippen LogP contribution is 2.10. The summed E-state index contributed by atoms with van der Waals surface area (Å²) in [6.45, 7) is 4.02. The van der Waals surface area contributed by atoms with Crippen LogP contribution in [0.2, 0.25) is 0 Å². The summed E-state index contributed by atoms with van der Waals surface area (Å²) in [5.41, 5.74) is 3.16. The summed E-state index contributed by atoms with van der Waals surface area (Å²) in [5.74, 6) is -0.00939. The van der Waals surface area contributed by atoms with E-state index < -0.39 is 0 Å². The predicted molar refractivity (Wildman–Crippen MR) is 93.2 cm³/mol. The van der Waals surface area contributed by atoms with Crippen LogP contribution in [0.3, 0.4) is 0 Å². The maximum atomic E-state index is 12.1. The molecule has 2 aromatic carbocycles. The first-order valence-electron chi connectivity index (χ1n) is 7.91. The van der Waals surface area contributed by atoms with Crippen LogP contribution in [-0.4, -0.2) is 35.6 Å². The number of carbonyl (C=O) groups excluding carboxylic acids is 1. The van der Waals surface area contributed by atoms with Gasteiger partial charge in [-0.2, -0.15) is 0 Å². The van der Waals surface area contributed by atoms with Gasteiger partial charge in [0.05, 0.1) is 6.61 Å². The molecule has 0 aliphatic carbocycles. The Balaban J connectivity index is 1.83. The molecule has 0 aliphatic rings. The number of carbonyl (C=O) groups is 1. The van der Waals surface area contributed by atoms with Crippen molar-refractivity contribution in [3.8, 4) is 0 Å². The zero-order valence-corrected chi connectivity index (χ0v) is 13.5. The minimum absolute atomic E-state index is 0.00939. The van der Waals surface area contributed by atoms with Gasteiger partial charge in [0.2, 0.25) is 5.91 Å². The van der Waals surface area contributed by atoms with Crippen LogP contribution in [-0.2, 0) is 11.3 Å². The molecule has 0 saturated heterocycles. The minimum atomic E-state index is -0.00939. The van der Waals surface area contributed by atoms with Gasteiger partial charge in [-0.15, -0.1) is 0 Å². The second-order valence-corrected chi connectivity index (χ2v) is 5.65. The van der Waals surface area contributed by atoms with E-state index in [2.05, 4.69) is 22.3 Å². The largest absolute Gasteiger partial charge is 0.395 e. The molecule has 0 saturated carbocycles. The van der Waals surface area contributed by atoms with Crippen molar-refractivity contribution in [2.45, 2.75) is 19.9 Å². The Morgan fingerprint density at radius 3 is 2.39 bits per heavy atom. The third kappa shape index (κ3) is 6.22. The van der Waals surface area contributed by atoms with E-state index in [-0.39, 0.29) is 12.5 Å². The zero-order valence-electron chi connectivity index (χ0n) is 13.5. The van der Waals surface area contributed by atoms with Gasteiger partial charge in [-0.25, -0.2) is 0 Å². The molecule has 1 amide bonds. The Morgan fingerprint density at radius 1 is 1.04 bits per heavy atom. The van der Waals surface area contributed by atoms with E-state index in [9.17, 15) is 9.90 Å². The lowest BCUT2D eigenvalue weighted by Crippen LogP contribution is -2.30. The zero-order chi connectivity index (χ0) is 16.5. The molecule has 0 fully saturated rings. The third-order valence-electron chi connectivity index (χ3n) is 3.66. The van der Waals surface area contributed by atoms with Crippen LogP contribution < -0.4 is 5.32 Å². The summed E-state index contributed by atoms with van der Waals surface area (Å²) in [7, 11) is 0. The van der Waals surface area contributed by atoms with Crippen LogP contribution in [0.25, 0.3) is 0 Å². The molecule has 2 rings (SSSR count). The van der Waals surface area contributed by atoms with Crippen molar-refractivity contribution < 1.29 is 9.90 Å². The standard InChI is InChI=1S/C19H24N2O2/c1-16-7-9-18(10-8-16)20-19(23)11-12-21(13-14-22)15-17-5-3-2-4-6-17/h2-10,22H,11-15H2,1H3,(H,20,23). The van der Waals surface area contributed by atoms with Crippen LogP contribution in [0.1, 0.15) is 17.5 Å². The van der Waals surface area contributed by atoms with Gasteiger partial charge in [0.1, 0.15) is 0 Å². The van der Waals surface area contributed by atoms with E-state index in [1.807, 2.05) is 49.4 Å². The van der Waals surface area contributed by atoms with Gasteiger partial charge in [0.25, 0.3) is 0 Å². The number of benzene rings is 2. The lowest BCUT2D eigenvalue weighted by molar-refractivity contribution is -0.116. The Morgan fingerprint density at radius 2 is 1.74 bits per heavy atom. The Hall–Kier alpha value is -2.17. The number of rotatable bonds is 8. The van der Waals surface area contributed by atoms with Gasteiger partial charge in [0, 0.05) is 31.7 Å². The van der Waals surface area contributed by atoms with E-state index in [1.54, 1.807) is 0 Å². The normalized spacial score (nSPS) is 10.7. The first kappa shape index (κ1) is 17.2. The Bertz CT molecular complexity index is 597. The molecule has 23 heavy (non-hydrogen) atoms. The van der Waals surface area contributed by atoms with Crippen molar-refractivity contribution in [2.75, 3.05) is 25.0 Å². The van der Waals surface area contributed by atoms with Crippen molar-refractivity contribution in [3.05, 3.63) is 65.7 Å². The first-order valence-corrected chi connectivity index (χ1v) is 7.91. The first-order chi connectivity index (χ1) is 11.2. The topological polar surface area (TPSA) is 52.6 Å². The molecule has 0 bridgehead atoms. The highest BCUT2D eigenvalue weighted by Gasteiger charge is 2.09. The molecule has 0 unspecified atom stereocenters. The van der Waals surface area contributed by atoms with Crippen LogP contribution in [0.15, 0.2) is 54.6 Å². The highest BCUT2D eigenvalue weighted by atomic mass is 16.3. The number of aliphatic hydroxyl groups is 1. The molecule has 0 atom stereocenters. The van der Waals surface area contributed by atoms with Crippen molar-refractivity contribution >= 4 is 11.6 Å². The summed E-state index contributed by atoms with van der Waals surface area (Å²) >= 11 is 0. The van der Waals surface area contributed by atoms with E-state index in [0.717, 1.165) is 12.2 Å².